The van der Waals surface area contributed by atoms with Gasteiger partial charge in [-0.05, 0) is 36.1 Å². The first-order chi connectivity index (χ1) is 9.34. The zero-order valence-electron chi connectivity index (χ0n) is 10.8. The number of hydrogen-bond acceptors (Lipinski definition) is 4. The van der Waals surface area contributed by atoms with Crippen molar-refractivity contribution in [3.05, 3.63) is 35.6 Å². The molecule has 0 saturated heterocycles. The summed E-state index contributed by atoms with van der Waals surface area (Å²) in [6.45, 7) is 2.06. The lowest BCUT2D eigenvalue weighted by molar-refractivity contribution is 0.170. The van der Waals surface area contributed by atoms with Gasteiger partial charge in [0.1, 0.15) is 6.10 Å². The highest BCUT2D eigenvalue weighted by Gasteiger charge is 2.19. The molecule has 0 saturated carbocycles. The topological polar surface area (TPSA) is 47.9 Å². The highest BCUT2D eigenvalue weighted by molar-refractivity contribution is 5.45. The van der Waals surface area contributed by atoms with E-state index in [0.29, 0.717) is 19.0 Å². The smallest absolute Gasteiger partial charge is 0.161 e. The van der Waals surface area contributed by atoms with Gasteiger partial charge >= 0.3 is 0 Å². The second-order valence-electron chi connectivity index (χ2n) is 4.83. The average molecular weight is 262 g/mol. The van der Waals surface area contributed by atoms with E-state index in [1.807, 2.05) is 18.2 Å². The van der Waals surface area contributed by atoms with Crippen molar-refractivity contribution >= 4 is 0 Å². The molecule has 102 valence electrons. The molecule has 0 aromatic heterocycles. The van der Waals surface area contributed by atoms with Crippen LogP contribution in [0.2, 0.25) is 0 Å². The Kier molecular flexibility index (Phi) is 3.60. The lowest BCUT2D eigenvalue weighted by Crippen LogP contribution is -2.08. The predicted octanol–water partition coefficient (Wildman–Crippen LogP) is 2.58. The van der Waals surface area contributed by atoms with Crippen LogP contribution >= 0.6 is 0 Å². The highest BCUT2D eigenvalue weighted by atomic mass is 16.5. The van der Waals surface area contributed by atoms with Crippen molar-refractivity contribution < 1.29 is 19.3 Å². The number of hydrogen-bond donors (Lipinski definition) is 1. The minimum absolute atomic E-state index is 0.627. The summed E-state index contributed by atoms with van der Waals surface area (Å²) < 4.78 is 16.5. The summed E-state index contributed by atoms with van der Waals surface area (Å²) in [5.74, 6) is 1.47. The van der Waals surface area contributed by atoms with Gasteiger partial charge in [0.15, 0.2) is 11.5 Å². The van der Waals surface area contributed by atoms with Gasteiger partial charge in [0, 0.05) is 6.42 Å². The zero-order chi connectivity index (χ0) is 13.1. The molecular formula is C15H18O4. The van der Waals surface area contributed by atoms with E-state index in [0.717, 1.165) is 42.8 Å². The SMILES string of the molecule is OC(C1=COCCC1)c1ccc2c(c1)OCCCO2. The number of ether oxygens (including phenoxy) is 3. The second-order valence-corrected chi connectivity index (χ2v) is 4.83. The van der Waals surface area contributed by atoms with Crippen molar-refractivity contribution in [1.82, 2.24) is 0 Å². The fourth-order valence-corrected chi connectivity index (χ4v) is 2.35. The fraction of sp³-hybridized carbons (Fsp3) is 0.467. The van der Waals surface area contributed by atoms with Crippen molar-refractivity contribution in [2.24, 2.45) is 0 Å². The lowest BCUT2D eigenvalue weighted by atomic mass is 9.98. The molecule has 0 aliphatic carbocycles. The van der Waals surface area contributed by atoms with Crippen molar-refractivity contribution in [3.63, 3.8) is 0 Å². The van der Waals surface area contributed by atoms with Crippen molar-refractivity contribution in [2.45, 2.75) is 25.4 Å². The zero-order valence-corrected chi connectivity index (χ0v) is 10.8. The largest absolute Gasteiger partial charge is 0.501 e. The van der Waals surface area contributed by atoms with Gasteiger partial charge in [-0.1, -0.05) is 6.07 Å². The first-order valence-corrected chi connectivity index (χ1v) is 6.73. The molecule has 2 aliphatic heterocycles. The molecule has 1 unspecified atom stereocenters. The van der Waals surface area contributed by atoms with E-state index < -0.39 is 6.10 Å². The van der Waals surface area contributed by atoms with Gasteiger partial charge in [0.25, 0.3) is 0 Å². The van der Waals surface area contributed by atoms with E-state index in [1.54, 1.807) is 6.26 Å². The summed E-state index contributed by atoms with van der Waals surface area (Å²) in [5, 5.41) is 10.4. The van der Waals surface area contributed by atoms with E-state index in [9.17, 15) is 5.11 Å². The molecule has 1 aromatic rings. The number of fused-ring (bicyclic) bond motifs is 1. The maximum Gasteiger partial charge on any atom is 0.161 e. The molecule has 0 bridgehead atoms. The second kappa shape index (κ2) is 5.53. The molecule has 0 spiro atoms. The van der Waals surface area contributed by atoms with Gasteiger partial charge in [-0.15, -0.1) is 0 Å². The molecule has 2 heterocycles. The minimum Gasteiger partial charge on any atom is -0.501 e. The van der Waals surface area contributed by atoms with Gasteiger partial charge in [-0.25, -0.2) is 0 Å². The Labute approximate surface area is 112 Å². The Morgan fingerprint density at radius 1 is 1.00 bits per heavy atom. The third-order valence-corrected chi connectivity index (χ3v) is 3.40. The van der Waals surface area contributed by atoms with Crippen LogP contribution in [0, 0.1) is 0 Å². The van der Waals surface area contributed by atoms with Crippen LogP contribution in [0.15, 0.2) is 30.0 Å². The molecule has 0 amide bonds. The van der Waals surface area contributed by atoms with Crippen LogP contribution in [0.25, 0.3) is 0 Å². The summed E-state index contributed by atoms with van der Waals surface area (Å²) in [6, 6.07) is 5.61. The molecule has 0 fully saturated rings. The molecule has 4 heteroatoms. The average Bonchev–Trinajstić information content (AvgIpc) is 2.72. The van der Waals surface area contributed by atoms with Crippen LogP contribution in [0.4, 0.5) is 0 Å². The predicted molar refractivity (Wildman–Crippen MR) is 70.3 cm³/mol. The summed E-state index contributed by atoms with van der Waals surface area (Å²) in [7, 11) is 0. The quantitative estimate of drug-likeness (QED) is 0.890. The third-order valence-electron chi connectivity index (χ3n) is 3.40. The Bertz CT molecular complexity index is 481. The Balaban J connectivity index is 1.84. The summed E-state index contributed by atoms with van der Waals surface area (Å²) in [5.41, 5.74) is 1.74. The van der Waals surface area contributed by atoms with Gasteiger partial charge in [0.05, 0.1) is 26.1 Å². The van der Waals surface area contributed by atoms with E-state index in [1.165, 1.54) is 0 Å². The first kappa shape index (κ1) is 12.4. The standard InChI is InChI=1S/C15H18O4/c16-15(12-3-1-6-17-10-12)11-4-5-13-14(9-11)19-8-2-7-18-13/h4-5,9-10,15-16H,1-3,6-8H2. The van der Waals surface area contributed by atoms with Gasteiger partial charge < -0.3 is 19.3 Å². The molecule has 2 aliphatic rings. The Hall–Kier alpha value is -1.68. The maximum absolute atomic E-state index is 10.4. The van der Waals surface area contributed by atoms with Gasteiger partial charge in [0.2, 0.25) is 0 Å². The lowest BCUT2D eigenvalue weighted by Gasteiger charge is -2.20. The van der Waals surface area contributed by atoms with Crippen LogP contribution in [0.1, 0.15) is 30.9 Å². The highest BCUT2D eigenvalue weighted by Crippen LogP contribution is 2.35. The molecular weight excluding hydrogens is 244 g/mol. The van der Waals surface area contributed by atoms with E-state index in [-0.39, 0.29) is 0 Å². The molecule has 1 atom stereocenters. The third kappa shape index (κ3) is 2.68. The number of aliphatic hydroxyl groups excluding tert-OH is 1. The number of benzene rings is 1. The molecule has 19 heavy (non-hydrogen) atoms. The number of rotatable bonds is 2. The summed E-state index contributed by atoms with van der Waals surface area (Å²) in [6.07, 6.45) is 3.75. The van der Waals surface area contributed by atoms with E-state index in [2.05, 4.69) is 0 Å². The normalized spacial score (nSPS) is 19.9. The van der Waals surface area contributed by atoms with Gasteiger partial charge in [-0.3, -0.25) is 0 Å². The molecule has 1 aromatic carbocycles. The minimum atomic E-state index is -0.627. The van der Waals surface area contributed by atoms with Crippen molar-refractivity contribution in [1.29, 1.82) is 0 Å². The van der Waals surface area contributed by atoms with Crippen LogP contribution in [-0.2, 0) is 4.74 Å². The summed E-state index contributed by atoms with van der Waals surface area (Å²) >= 11 is 0. The fourth-order valence-electron chi connectivity index (χ4n) is 2.35. The van der Waals surface area contributed by atoms with Crippen LogP contribution in [-0.4, -0.2) is 24.9 Å². The van der Waals surface area contributed by atoms with Gasteiger partial charge in [-0.2, -0.15) is 0 Å². The Morgan fingerprint density at radius 2 is 1.84 bits per heavy atom. The summed E-state index contributed by atoms with van der Waals surface area (Å²) in [4.78, 5) is 0. The van der Waals surface area contributed by atoms with Crippen molar-refractivity contribution in [2.75, 3.05) is 19.8 Å². The first-order valence-electron chi connectivity index (χ1n) is 6.73. The maximum atomic E-state index is 10.4. The van der Waals surface area contributed by atoms with E-state index in [4.69, 9.17) is 14.2 Å². The molecule has 0 radical (unpaired) electrons. The van der Waals surface area contributed by atoms with Crippen molar-refractivity contribution in [3.8, 4) is 11.5 Å². The van der Waals surface area contributed by atoms with Crippen LogP contribution in [0.3, 0.4) is 0 Å². The monoisotopic (exact) mass is 262 g/mol. The van der Waals surface area contributed by atoms with Crippen LogP contribution in [0.5, 0.6) is 11.5 Å². The molecule has 1 N–H and O–H groups in total. The molecule has 3 rings (SSSR count). The number of aliphatic hydroxyl groups is 1. The van der Waals surface area contributed by atoms with E-state index >= 15 is 0 Å². The molecule has 4 nitrogen and oxygen atoms in total. The Morgan fingerprint density at radius 3 is 2.63 bits per heavy atom. The van der Waals surface area contributed by atoms with Crippen LogP contribution < -0.4 is 9.47 Å².